The number of nitrogens with one attached hydrogen (secondary N) is 1. The molecule has 0 aliphatic heterocycles. The van der Waals surface area contributed by atoms with Crippen molar-refractivity contribution in [3.05, 3.63) is 27.7 Å². The maximum absolute atomic E-state index is 11.3. The highest BCUT2D eigenvalue weighted by Gasteiger charge is 2.03. The number of carbonyl (C=O) groups excluding carboxylic acids is 1. The molecule has 0 aliphatic carbocycles. The van der Waals surface area contributed by atoms with Crippen LogP contribution in [0.5, 0.6) is 0 Å². The van der Waals surface area contributed by atoms with Gasteiger partial charge in [-0.1, -0.05) is 24.9 Å². The number of ether oxygens (including phenoxy) is 1. The molecule has 0 amide bonds. The number of benzene rings is 1. The quantitative estimate of drug-likeness (QED) is 0.639. The number of carbonyl (C=O) groups is 1. The first-order valence-corrected chi connectivity index (χ1v) is 6.65. The van der Waals surface area contributed by atoms with Gasteiger partial charge in [0.25, 0.3) is 0 Å². The molecular weight excluding hydrogens is 305 g/mol. The molecule has 5 heteroatoms. The van der Waals surface area contributed by atoms with Crippen LogP contribution in [-0.4, -0.2) is 19.1 Å². The number of hydrogen-bond acceptors (Lipinski definition) is 3. The van der Waals surface area contributed by atoms with Crippen molar-refractivity contribution in [1.82, 2.24) is 0 Å². The molecule has 0 unspecified atom stereocenters. The van der Waals surface area contributed by atoms with E-state index in [1.807, 2.05) is 12.1 Å². The molecule has 1 aromatic carbocycles. The fraction of sp³-hybridized carbons (Fsp3) is 0.417. The molecular formula is C12H15BrClNO2. The van der Waals surface area contributed by atoms with Gasteiger partial charge in [0.05, 0.1) is 11.6 Å². The van der Waals surface area contributed by atoms with Crippen LogP contribution in [0.1, 0.15) is 19.8 Å². The molecule has 0 spiro atoms. The number of esters is 1. The number of unbranched alkanes of at least 4 members (excludes halogenated alkanes) is 1. The standard InChI is InChI=1S/C12H15BrClNO2/c1-2-3-6-17-12(16)8-15-9-4-5-11(14)10(13)7-9/h4-5,7,15H,2-3,6,8H2,1H3. The second-order valence-corrected chi connectivity index (χ2v) is 4.82. The van der Waals surface area contributed by atoms with Gasteiger partial charge < -0.3 is 10.1 Å². The lowest BCUT2D eigenvalue weighted by atomic mass is 10.3. The Balaban J connectivity index is 2.34. The number of hydrogen-bond donors (Lipinski definition) is 1. The highest BCUT2D eigenvalue weighted by Crippen LogP contribution is 2.25. The molecule has 0 saturated heterocycles. The average Bonchev–Trinajstić information content (AvgIpc) is 2.31. The van der Waals surface area contributed by atoms with Crippen molar-refractivity contribution >= 4 is 39.2 Å². The van der Waals surface area contributed by atoms with Gasteiger partial charge in [-0.3, -0.25) is 4.79 Å². The van der Waals surface area contributed by atoms with E-state index in [-0.39, 0.29) is 12.5 Å². The second kappa shape index (κ2) is 7.56. The molecule has 1 aromatic rings. The van der Waals surface area contributed by atoms with Gasteiger partial charge in [-0.2, -0.15) is 0 Å². The van der Waals surface area contributed by atoms with Crippen LogP contribution in [0.25, 0.3) is 0 Å². The fourth-order valence-electron chi connectivity index (χ4n) is 1.16. The summed E-state index contributed by atoms with van der Waals surface area (Å²) in [5, 5.41) is 3.62. The van der Waals surface area contributed by atoms with Crippen LogP contribution in [0.3, 0.4) is 0 Å². The molecule has 0 saturated carbocycles. The zero-order chi connectivity index (χ0) is 12.7. The third kappa shape index (κ3) is 5.41. The maximum atomic E-state index is 11.3. The van der Waals surface area contributed by atoms with Gasteiger partial charge in [0.2, 0.25) is 0 Å². The topological polar surface area (TPSA) is 38.3 Å². The van der Waals surface area contributed by atoms with Crippen molar-refractivity contribution in [2.45, 2.75) is 19.8 Å². The molecule has 0 aliphatic rings. The van der Waals surface area contributed by atoms with Gasteiger partial charge in [0, 0.05) is 10.2 Å². The van der Waals surface area contributed by atoms with E-state index >= 15 is 0 Å². The monoisotopic (exact) mass is 319 g/mol. The summed E-state index contributed by atoms with van der Waals surface area (Å²) in [5.41, 5.74) is 0.828. The molecule has 3 nitrogen and oxygen atoms in total. The van der Waals surface area contributed by atoms with E-state index in [9.17, 15) is 4.79 Å². The Bertz CT molecular complexity index is 385. The maximum Gasteiger partial charge on any atom is 0.325 e. The average molecular weight is 321 g/mol. The third-order valence-electron chi connectivity index (χ3n) is 2.12. The lowest BCUT2D eigenvalue weighted by Crippen LogP contribution is -2.17. The van der Waals surface area contributed by atoms with Crippen LogP contribution >= 0.6 is 27.5 Å². The molecule has 1 N–H and O–H groups in total. The molecule has 94 valence electrons. The van der Waals surface area contributed by atoms with Gasteiger partial charge >= 0.3 is 5.97 Å². The first-order valence-electron chi connectivity index (χ1n) is 5.48. The summed E-state index contributed by atoms with van der Waals surface area (Å²) in [4.78, 5) is 11.3. The molecule has 0 radical (unpaired) electrons. The Morgan fingerprint density at radius 1 is 1.53 bits per heavy atom. The predicted octanol–water partition coefficient (Wildman–Crippen LogP) is 3.86. The minimum Gasteiger partial charge on any atom is -0.464 e. The van der Waals surface area contributed by atoms with Crippen molar-refractivity contribution in [2.75, 3.05) is 18.5 Å². The summed E-state index contributed by atoms with van der Waals surface area (Å²) in [6.07, 6.45) is 1.92. The first-order chi connectivity index (χ1) is 8.13. The van der Waals surface area contributed by atoms with Crippen LogP contribution in [0.15, 0.2) is 22.7 Å². The highest BCUT2D eigenvalue weighted by molar-refractivity contribution is 9.10. The van der Waals surface area contributed by atoms with E-state index in [0.29, 0.717) is 11.6 Å². The molecule has 0 atom stereocenters. The normalized spacial score (nSPS) is 10.1. The Morgan fingerprint density at radius 3 is 2.94 bits per heavy atom. The summed E-state index contributed by atoms with van der Waals surface area (Å²) in [6, 6.07) is 5.39. The van der Waals surface area contributed by atoms with Crippen molar-refractivity contribution in [3.8, 4) is 0 Å². The van der Waals surface area contributed by atoms with E-state index in [1.165, 1.54) is 0 Å². The Kier molecular flexibility index (Phi) is 6.37. The third-order valence-corrected chi connectivity index (χ3v) is 3.33. The molecule has 1 rings (SSSR count). The Hall–Kier alpha value is -0.740. The van der Waals surface area contributed by atoms with E-state index < -0.39 is 0 Å². The lowest BCUT2D eigenvalue weighted by molar-refractivity contribution is -0.141. The van der Waals surface area contributed by atoms with Crippen LogP contribution in [0.4, 0.5) is 5.69 Å². The zero-order valence-corrected chi connectivity index (χ0v) is 12.0. The van der Waals surface area contributed by atoms with Crippen LogP contribution < -0.4 is 5.32 Å². The number of rotatable bonds is 6. The predicted molar refractivity (Wildman–Crippen MR) is 73.5 cm³/mol. The second-order valence-electron chi connectivity index (χ2n) is 3.56. The summed E-state index contributed by atoms with van der Waals surface area (Å²) >= 11 is 9.18. The summed E-state index contributed by atoms with van der Waals surface area (Å²) < 4.78 is 5.81. The van der Waals surface area contributed by atoms with Crippen molar-refractivity contribution in [1.29, 1.82) is 0 Å². The van der Waals surface area contributed by atoms with E-state index in [2.05, 4.69) is 28.2 Å². The van der Waals surface area contributed by atoms with Crippen LogP contribution in [0, 0.1) is 0 Å². The Morgan fingerprint density at radius 2 is 2.29 bits per heavy atom. The van der Waals surface area contributed by atoms with Crippen LogP contribution in [0.2, 0.25) is 5.02 Å². The van der Waals surface area contributed by atoms with Gasteiger partial charge in [-0.05, 0) is 40.5 Å². The van der Waals surface area contributed by atoms with Crippen molar-refractivity contribution < 1.29 is 9.53 Å². The summed E-state index contributed by atoms with van der Waals surface area (Å²) in [7, 11) is 0. The first kappa shape index (κ1) is 14.3. The van der Waals surface area contributed by atoms with Gasteiger partial charge in [0.15, 0.2) is 0 Å². The molecule has 0 bridgehead atoms. The van der Waals surface area contributed by atoms with E-state index in [4.69, 9.17) is 16.3 Å². The van der Waals surface area contributed by atoms with Crippen molar-refractivity contribution in [2.24, 2.45) is 0 Å². The smallest absolute Gasteiger partial charge is 0.325 e. The zero-order valence-electron chi connectivity index (χ0n) is 9.63. The van der Waals surface area contributed by atoms with Gasteiger partial charge in [-0.15, -0.1) is 0 Å². The lowest BCUT2D eigenvalue weighted by Gasteiger charge is -2.07. The van der Waals surface area contributed by atoms with E-state index in [0.717, 1.165) is 23.0 Å². The number of halogens is 2. The van der Waals surface area contributed by atoms with E-state index in [1.54, 1.807) is 6.07 Å². The minimum absolute atomic E-state index is 0.164. The van der Waals surface area contributed by atoms with Crippen LogP contribution in [-0.2, 0) is 9.53 Å². The highest BCUT2D eigenvalue weighted by atomic mass is 79.9. The van der Waals surface area contributed by atoms with Gasteiger partial charge in [0.1, 0.15) is 6.54 Å². The van der Waals surface area contributed by atoms with Gasteiger partial charge in [-0.25, -0.2) is 0 Å². The molecule has 17 heavy (non-hydrogen) atoms. The summed E-state index contributed by atoms with van der Waals surface area (Å²) in [5.74, 6) is -0.246. The molecule has 0 aromatic heterocycles. The largest absolute Gasteiger partial charge is 0.464 e. The SMILES string of the molecule is CCCCOC(=O)CNc1ccc(Cl)c(Br)c1. The van der Waals surface area contributed by atoms with Crippen molar-refractivity contribution in [3.63, 3.8) is 0 Å². The number of anilines is 1. The fourth-order valence-corrected chi connectivity index (χ4v) is 1.66. The summed E-state index contributed by atoms with van der Waals surface area (Å²) in [6.45, 7) is 2.70. The molecule has 0 heterocycles. The minimum atomic E-state index is -0.246. The Labute approximate surface area is 115 Å². The molecule has 0 fully saturated rings.